The molecule has 256 valence electrons. The van der Waals surface area contributed by atoms with E-state index in [9.17, 15) is 0 Å². The predicted octanol–water partition coefficient (Wildman–Crippen LogP) is 10.9. The van der Waals surface area contributed by atoms with Gasteiger partial charge in [0.2, 0.25) is 0 Å². The lowest BCUT2D eigenvalue weighted by Crippen LogP contribution is -2.56. The Balaban J connectivity index is 1.11. The van der Waals surface area contributed by atoms with Gasteiger partial charge in [-0.1, -0.05) is 81.4 Å². The van der Waals surface area contributed by atoms with E-state index in [1.165, 1.54) is 38.8 Å². The van der Waals surface area contributed by atoms with E-state index in [0.717, 1.165) is 56.5 Å². The Morgan fingerprint density at radius 2 is 1.34 bits per heavy atom. The average Bonchev–Trinajstić information content (AvgIpc) is 3.68. The van der Waals surface area contributed by atoms with Crippen molar-refractivity contribution in [1.82, 2.24) is 14.5 Å². The molecule has 0 bridgehead atoms. The molecule has 6 nitrogen and oxygen atoms in total. The first-order chi connectivity index (χ1) is 25.8. The number of rotatable bonds is 4. The Labute approximate surface area is 310 Å². The van der Waals surface area contributed by atoms with Crippen LogP contribution < -0.4 is 19.8 Å². The zero-order valence-corrected chi connectivity index (χ0v) is 30.5. The fraction of sp³-hybridized carbons (Fsp3) is 0.130. The van der Waals surface area contributed by atoms with E-state index in [0.29, 0.717) is 0 Å². The summed E-state index contributed by atoms with van der Waals surface area (Å²) >= 11 is 0. The van der Waals surface area contributed by atoms with Crippen LogP contribution in [0.15, 0.2) is 140 Å². The van der Waals surface area contributed by atoms with Gasteiger partial charge in [0, 0.05) is 52.2 Å². The van der Waals surface area contributed by atoms with Crippen LogP contribution in [0.4, 0.5) is 22.9 Å². The molecule has 0 fully saturated rings. The molecular formula is C46H38BN5O. The second kappa shape index (κ2) is 11.6. The number of hydrogen-bond donors (Lipinski definition) is 0. The van der Waals surface area contributed by atoms with Crippen LogP contribution in [-0.2, 0) is 5.41 Å². The van der Waals surface area contributed by atoms with Crippen LogP contribution in [0.2, 0.25) is 0 Å². The van der Waals surface area contributed by atoms with Gasteiger partial charge >= 0.3 is 6.98 Å². The molecule has 2 aliphatic rings. The number of aryl methyl sites for hydroxylation is 2. The van der Waals surface area contributed by atoms with Gasteiger partial charge in [0.05, 0.1) is 16.7 Å². The molecule has 5 aromatic carbocycles. The third kappa shape index (κ3) is 4.80. The van der Waals surface area contributed by atoms with Crippen molar-refractivity contribution in [2.75, 3.05) is 9.62 Å². The number of fused-ring (bicyclic) bond motifs is 11. The fourth-order valence-electron chi connectivity index (χ4n) is 8.45. The lowest BCUT2D eigenvalue weighted by Gasteiger charge is -2.37. The number of benzene rings is 5. The summed E-state index contributed by atoms with van der Waals surface area (Å²) in [6.45, 7) is 11.0. The Morgan fingerprint density at radius 3 is 2.19 bits per heavy atom. The number of hydrogen-bond acceptors (Lipinski definition) is 5. The molecule has 7 heteroatoms. The van der Waals surface area contributed by atoms with E-state index in [4.69, 9.17) is 14.7 Å². The van der Waals surface area contributed by atoms with Gasteiger partial charge in [-0.3, -0.25) is 4.57 Å². The van der Waals surface area contributed by atoms with Crippen LogP contribution in [-0.4, -0.2) is 21.5 Å². The monoisotopic (exact) mass is 687 g/mol. The molecule has 10 rings (SSSR count). The highest BCUT2D eigenvalue weighted by molar-refractivity contribution is 6.86. The molecule has 0 radical (unpaired) electrons. The van der Waals surface area contributed by atoms with Crippen molar-refractivity contribution in [3.05, 3.63) is 156 Å². The second-order valence-corrected chi connectivity index (χ2v) is 15.3. The van der Waals surface area contributed by atoms with E-state index in [1.807, 2.05) is 18.5 Å². The SMILES string of the molecule is Cc1cccc(C)c1N1B2c3ccccc3-c3ccc(Oc4ccc5c6ccccc6n(-c6cc(C(C)(C)C)ccn6)c5c4)cc3N2c2ncccc21. The van der Waals surface area contributed by atoms with Gasteiger partial charge in [0.25, 0.3) is 0 Å². The largest absolute Gasteiger partial charge is 0.457 e. The predicted molar refractivity (Wildman–Crippen MR) is 219 cm³/mol. The van der Waals surface area contributed by atoms with Crippen LogP contribution in [0, 0.1) is 13.8 Å². The van der Waals surface area contributed by atoms with Gasteiger partial charge < -0.3 is 14.4 Å². The van der Waals surface area contributed by atoms with Crippen LogP contribution in [0.25, 0.3) is 38.8 Å². The highest BCUT2D eigenvalue weighted by Crippen LogP contribution is 2.52. The minimum absolute atomic E-state index is 0.00213. The van der Waals surface area contributed by atoms with Crippen molar-refractivity contribution in [3.63, 3.8) is 0 Å². The highest BCUT2D eigenvalue weighted by Gasteiger charge is 2.49. The van der Waals surface area contributed by atoms with E-state index in [2.05, 4.69) is 170 Å². The summed E-state index contributed by atoms with van der Waals surface area (Å²) in [5, 5.41) is 2.34. The normalized spacial score (nSPS) is 13.3. The zero-order valence-electron chi connectivity index (χ0n) is 30.5. The summed E-state index contributed by atoms with van der Waals surface area (Å²) in [7, 11) is 0. The number of ether oxygens (including phenoxy) is 1. The maximum atomic E-state index is 6.80. The molecule has 2 aliphatic heterocycles. The van der Waals surface area contributed by atoms with Crippen LogP contribution in [0.5, 0.6) is 11.5 Å². The lowest BCUT2D eigenvalue weighted by atomic mass is 9.59. The van der Waals surface area contributed by atoms with Gasteiger partial charge in [-0.2, -0.15) is 0 Å². The Bertz CT molecular complexity index is 2740. The minimum atomic E-state index is -0.109. The molecule has 0 atom stereocenters. The molecule has 53 heavy (non-hydrogen) atoms. The molecule has 0 spiro atoms. The van der Waals surface area contributed by atoms with Crippen molar-refractivity contribution >= 4 is 57.1 Å². The van der Waals surface area contributed by atoms with Crippen molar-refractivity contribution < 1.29 is 4.74 Å². The third-order valence-electron chi connectivity index (χ3n) is 10.9. The summed E-state index contributed by atoms with van der Waals surface area (Å²) in [4.78, 5) is 14.7. The summed E-state index contributed by atoms with van der Waals surface area (Å²) < 4.78 is 9.06. The molecule has 0 aliphatic carbocycles. The smallest absolute Gasteiger partial charge is 0.422 e. The first kappa shape index (κ1) is 31.4. The van der Waals surface area contributed by atoms with Crippen molar-refractivity contribution in [1.29, 1.82) is 0 Å². The molecule has 8 aromatic rings. The van der Waals surface area contributed by atoms with Crippen molar-refractivity contribution in [2.45, 2.75) is 40.0 Å². The molecule has 0 saturated carbocycles. The van der Waals surface area contributed by atoms with E-state index in [-0.39, 0.29) is 12.4 Å². The summed E-state index contributed by atoms with van der Waals surface area (Å²) in [5.74, 6) is 3.36. The van der Waals surface area contributed by atoms with Crippen LogP contribution in [0.3, 0.4) is 0 Å². The molecule has 0 amide bonds. The molecule has 5 heterocycles. The van der Waals surface area contributed by atoms with Gasteiger partial charge in [-0.15, -0.1) is 0 Å². The van der Waals surface area contributed by atoms with Gasteiger partial charge in [-0.25, -0.2) is 9.97 Å². The van der Waals surface area contributed by atoms with Crippen LogP contribution >= 0.6 is 0 Å². The molecule has 0 unspecified atom stereocenters. The van der Waals surface area contributed by atoms with Crippen molar-refractivity contribution in [3.8, 4) is 28.4 Å². The maximum absolute atomic E-state index is 6.80. The standard InChI is InChI=1S/C46H38BN5O/c1-29-12-10-13-30(2)44(29)51-40-18-11-24-49-45(40)52-42-28-33(19-21-36(42)34-14-6-8-16-38(34)47(51)52)53-32-20-22-37-35-15-7-9-17-39(35)50(41(37)27-32)43-26-31(23-25-48-43)46(3,4)5/h6-28H,1-5H3. The fourth-order valence-corrected chi connectivity index (χ4v) is 8.45. The van der Waals surface area contributed by atoms with Crippen molar-refractivity contribution in [2.24, 2.45) is 0 Å². The maximum Gasteiger partial charge on any atom is 0.422 e. The van der Waals surface area contributed by atoms with Gasteiger partial charge in [-0.05, 0) is 102 Å². The molecular weight excluding hydrogens is 649 g/mol. The topological polar surface area (TPSA) is 46.4 Å². The third-order valence-corrected chi connectivity index (χ3v) is 10.9. The number of aromatic nitrogens is 3. The second-order valence-electron chi connectivity index (χ2n) is 15.3. The number of nitrogens with zero attached hydrogens (tertiary/aromatic N) is 5. The zero-order chi connectivity index (χ0) is 36.0. The minimum Gasteiger partial charge on any atom is -0.457 e. The molecule has 0 N–H and O–H groups in total. The summed E-state index contributed by atoms with van der Waals surface area (Å²) in [5.41, 5.74) is 12.9. The van der Waals surface area contributed by atoms with E-state index in [1.54, 1.807) is 0 Å². The molecule has 3 aromatic heterocycles. The van der Waals surface area contributed by atoms with E-state index < -0.39 is 0 Å². The van der Waals surface area contributed by atoms with E-state index >= 15 is 0 Å². The number of anilines is 4. The first-order valence-electron chi connectivity index (χ1n) is 18.3. The van der Waals surface area contributed by atoms with Crippen LogP contribution in [0.1, 0.15) is 37.5 Å². The Hall–Kier alpha value is -6.34. The number of para-hydroxylation sites is 2. The lowest BCUT2D eigenvalue weighted by molar-refractivity contribution is 0.483. The highest BCUT2D eigenvalue weighted by atomic mass is 16.5. The van der Waals surface area contributed by atoms with Gasteiger partial charge in [0.15, 0.2) is 0 Å². The molecule has 0 saturated heterocycles. The van der Waals surface area contributed by atoms with Gasteiger partial charge in [0.1, 0.15) is 23.1 Å². The Kier molecular flexibility index (Phi) is 6.87. The average molecular weight is 688 g/mol. The quantitative estimate of drug-likeness (QED) is 0.172. The first-order valence-corrected chi connectivity index (χ1v) is 18.3. The summed E-state index contributed by atoms with van der Waals surface area (Å²) in [6, 6.07) is 45.2. The summed E-state index contributed by atoms with van der Waals surface area (Å²) in [6.07, 6.45) is 3.81. The Morgan fingerprint density at radius 1 is 0.585 bits per heavy atom. The number of pyridine rings is 2.